The topological polar surface area (TPSA) is 58.4 Å². The third-order valence-electron chi connectivity index (χ3n) is 3.32. The number of carbonyl (C=O) groups is 1. The lowest BCUT2D eigenvalue weighted by Crippen LogP contribution is -2.45. The number of aryl methyl sites for hydroxylation is 1. The van der Waals surface area contributed by atoms with Crippen molar-refractivity contribution in [2.45, 2.75) is 39.7 Å². The molecule has 1 rings (SSSR count). The van der Waals surface area contributed by atoms with E-state index in [4.69, 9.17) is 5.73 Å². The number of anilines is 1. The molecule has 1 aromatic rings. The molecule has 0 atom stereocenters. The Bertz CT molecular complexity index is 385. The Morgan fingerprint density at radius 1 is 1.26 bits per heavy atom. The van der Waals surface area contributed by atoms with Crippen LogP contribution < -0.4 is 11.1 Å². The van der Waals surface area contributed by atoms with Gasteiger partial charge in [0.15, 0.2) is 0 Å². The van der Waals surface area contributed by atoms with Gasteiger partial charge in [0.25, 0.3) is 0 Å². The number of urea groups is 1. The Morgan fingerprint density at radius 3 is 2.32 bits per heavy atom. The fourth-order valence-corrected chi connectivity index (χ4v) is 2.15. The molecule has 2 amide bonds. The molecule has 0 heterocycles. The second-order valence-corrected chi connectivity index (χ2v) is 4.75. The number of rotatable bonds is 6. The van der Waals surface area contributed by atoms with E-state index in [0.717, 1.165) is 18.5 Å². The Hall–Kier alpha value is -1.55. The summed E-state index contributed by atoms with van der Waals surface area (Å²) in [6.07, 6.45) is 1.88. The fourth-order valence-electron chi connectivity index (χ4n) is 2.15. The standard InChI is InChI=1S/C15H25N3O/c1-4-14(5-2)18(11-10-16)15(19)17-13-8-6-12(3)7-9-13/h6-9,14H,4-5,10-11,16H2,1-3H3,(H,17,19). The second-order valence-electron chi connectivity index (χ2n) is 4.75. The predicted octanol–water partition coefficient (Wildman–Crippen LogP) is 2.98. The van der Waals surface area contributed by atoms with E-state index in [2.05, 4.69) is 19.2 Å². The highest BCUT2D eigenvalue weighted by Gasteiger charge is 2.20. The molecule has 0 aliphatic rings. The fraction of sp³-hybridized carbons (Fsp3) is 0.533. The van der Waals surface area contributed by atoms with E-state index in [9.17, 15) is 4.79 Å². The predicted molar refractivity (Wildman–Crippen MR) is 80.3 cm³/mol. The molecule has 0 radical (unpaired) electrons. The molecular weight excluding hydrogens is 238 g/mol. The summed E-state index contributed by atoms with van der Waals surface area (Å²) < 4.78 is 0. The molecule has 4 nitrogen and oxygen atoms in total. The van der Waals surface area contributed by atoms with Crippen molar-refractivity contribution in [2.24, 2.45) is 5.73 Å². The Labute approximate surface area is 116 Å². The first-order valence-corrected chi connectivity index (χ1v) is 6.96. The SMILES string of the molecule is CCC(CC)N(CCN)C(=O)Nc1ccc(C)cc1. The average molecular weight is 263 g/mol. The van der Waals surface area contributed by atoms with Crippen LogP contribution in [0.1, 0.15) is 32.3 Å². The van der Waals surface area contributed by atoms with Crippen LogP contribution in [0, 0.1) is 6.92 Å². The van der Waals surface area contributed by atoms with Crippen molar-refractivity contribution in [3.63, 3.8) is 0 Å². The first-order valence-electron chi connectivity index (χ1n) is 6.96. The largest absolute Gasteiger partial charge is 0.329 e. The normalized spacial score (nSPS) is 10.6. The number of hydrogen-bond acceptors (Lipinski definition) is 2. The van der Waals surface area contributed by atoms with Gasteiger partial charge in [0, 0.05) is 24.8 Å². The first kappa shape index (κ1) is 15.5. The van der Waals surface area contributed by atoms with Crippen LogP contribution in [0.15, 0.2) is 24.3 Å². The Morgan fingerprint density at radius 2 is 1.84 bits per heavy atom. The van der Waals surface area contributed by atoms with Gasteiger partial charge in [-0.2, -0.15) is 0 Å². The molecule has 0 aliphatic carbocycles. The summed E-state index contributed by atoms with van der Waals surface area (Å²) in [5.41, 5.74) is 7.61. The van der Waals surface area contributed by atoms with E-state index >= 15 is 0 Å². The summed E-state index contributed by atoms with van der Waals surface area (Å²) in [6, 6.07) is 7.98. The number of nitrogens with two attached hydrogens (primary N) is 1. The Kier molecular flexibility index (Phi) is 6.36. The van der Waals surface area contributed by atoms with E-state index in [0.29, 0.717) is 13.1 Å². The number of nitrogens with zero attached hydrogens (tertiary/aromatic N) is 1. The molecule has 0 bridgehead atoms. The van der Waals surface area contributed by atoms with Gasteiger partial charge in [-0.25, -0.2) is 4.79 Å². The van der Waals surface area contributed by atoms with Crippen LogP contribution in [0.5, 0.6) is 0 Å². The molecule has 0 unspecified atom stereocenters. The monoisotopic (exact) mass is 263 g/mol. The van der Waals surface area contributed by atoms with Crippen molar-refractivity contribution < 1.29 is 4.79 Å². The van der Waals surface area contributed by atoms with Crippen LogP contribution in [0.25, 0.3) is 0 Å². The van der Waals surface area contributed by atoms with Crippen molar-refractivity contribution in [3.8, 4) is 0 Å². The maximum Gasteiger partial charge on any atom is 0.322 e. The third-order valence-corrected chi connectivity index (χ3v) is 3.32. The number of benzene rings is 1. The van der Waals surface area contributed by atoms with Gasteiger partial charge in [-0.1, -0.05) is 31.5 Å². The summed E-state index contributed by atoms with van der Waals surface area (Å²) in [5.74, 6) is 0. The first-order chi connectivity index (χ1) is 9.12. The van der Waals surface area contributed by atoms with Crippen molar-refractivity contribution in [1.29, 1.82) is 0 Å². The third kappa shape index (κ3) is 4.56. The second kappa shape index (κ2) is 7.79. The zero-order chi connectivity index (χ0) is 14.3. The van der Waals surface area contributed by atoms with E-state index in [1.165, 1.54) is 5.56 Å². The zero-order valence-electron chi connectivity index (χ0n) is 12.1. The molecule has 19 heavy (non-hydrogen) atoms. The van der Waals surface area contributed by atoms with Crippen LogP contribution in [0.3, 0.4) is 0 Å². The molecule has 106 valence electrons. The molecule has 0 spiro atoms. The maximum absolute atomic E-state index is 12.3. The molecular formula is C15H25N3O. The number of amides is 2. The molecule has 0 aromatic heterocycles. The van der Waals surface area contributed by atoms with Gasteiger partial charge < -0.3 is 16.0 Å². The van der Waals surface area contributed by atoms with Gasteiger partial charge in [0.2, 0.25) is 0 Å². The van der Waals surface area contributed by atoms with E-state index in [1.807, 2.05) is 36.1 Å². The van der Waals surface area contributed by atoms with Crippen LogP contribution >= 0.6 is 0 Å². The molecule has 4 heteroatoms. The minimum Gasteiger partial charge on any atom is -0.329 e. The molecule has 0 fully saturated rings. The van der Waals surface area contributed by atoms with Crippen LogP contribution in [0.2, 0.25) is 0 Å². The average Bonchev–Trinajstić information content (AvgIpc) is 2.41. The van der Waals surface area contributed by atoms with Gasteiger partial charge in [0.05, 0.1) is 0 Å². The highest BCUT2D eigenvalue weighted by molar-refractivity contribution is 5.89. The van der Waals surface area contributed by atoms with Crippen molar-refractivity contribution in [2.75, 3.05) is 18.4 Å². The molecule has 0 saturated heterocycles. The smallest absolute Gasteiger partial charge is 0.322 e. The van der Waals surface area contributed by atoms with E-state index in [1.54, 1.807) is 0 Å². The van der Waals surface area contributed by atoms with Crippen LogP contribution in [0.4, 0.5) is 10.5 Å². The number of hydrogen-bond donors (Lipinski definition) is 2. The van der Waals surface area contributed by atoms with Crippen LogP contribution in [-0.2, 0) is 0 Å². The summed E-state index contributed by atoms with van der Waals surface area (Å²) in [7, 11) is 0. The Balaban J connectivity index is 2.73. The van der Waals surface area contributed by atoms with E-state index in [-0.39, 0.29) is 12.1 Å². The van der Waals surface area contributed by atoms with Gasteiger partial charge in [-0.3, -0.25) is 0 Å². The summed E-state index contributed by atoms with van der Waals surface area (Å²) in [4.78, 5) is 14.1. The highest BCUT2D eigenvalue weighted by atomic mass is 16.2. The number of nitrogens with one attached hydrogen (secondary N) is 1. The van der Waals surface area contributed by atoms with Gasteiger partial charge in [-0.05, 0) is 31.9 Å². The van der Waals surface area contributed by atoms with E-state index < -0.39 is 0 Å². The summed E-state index contributed by atoms with van der Waals surface area (Å²) in [6.45, 7) is 7.28. The zero-order valence-corrected chi connectivity index (χ0v) is 12.1. The van der Waals surface area contributed by atoms with Crippen molar-refractivity contribution in [3.05, 3.63) is 29.8 Å². The summed E-state index contributed by atoms with van der Waals surface area (Å²) >= 11 is 0. The molecule has 1 aromatic carbocycles. The maximum atomic E-state index is 12.3. The van der Waals surface area contributed by atoms with Crippen LogP contribution in [-0.4, -0.2) is 30.1 Å². The summed E-state index contributed by atoms with van der Waals surface area (Å²) in [5, 5.41) is 2.93. The minimum absolute atomic E-state index is 0.0667. The molecule has 3 N–H and O–H groups in total. The minimum atomic E-state index is -0.0667. The number of carbonyl (C=O) groups excluding carboxylic acids is 1. The lowest BCUT2D eigenvalue weighted by molar-refractivity contribution is 0.185. The lowest BCUT2D eigenvalue weighted by atomic mass is 10.1. The highest BCUT2D eigenvalue weighted by Crippen LogP contribution is 2.13. The van der Waals surface area contributed by atoms with Gasteiger partial charge in [0.1, 0.15) is 0 Å². The lowest BCUT2D eigenvalue weighted by Gasteiger charge is -2.30. The quantitative estimate of drug-likeness (QED) is 0.829. The van der Waals surface area contributed by atoms with Crippen molar-refractivity contribution in [1.82, 2.24) is 4.90 Å². The molecule has 0 aliphatic heterocycles. The van der Waals surface area contributed by atoms with Gasteiger partial charge in [-0.15, -0.1) is 0 Å². The van der Waals surface area contributed by atoms with Crippen molar-refractivity contribution >= 4 is 11.7 Å². The molecule has 0 saturated carbocycles. The van der Waals surface area contributed by atoms with Gasteiger partial charge >= 0.3 is 6.03 Å².